The van der Waals surface area contributed by atoms with Crippen molar-refractivity contribution in [2.45, 2.75) is 6.04 Å². The Bertz CT molecular complexity index is 1340. The quantitative estimate of drug-likeness (QED) is 0.347. The van der Waals surface area contributed by atoms with Crippen LogP contribution in [-0.2, 0) is 9.59 Å². The van der Waals surface area contributed by atoms with Gasteiger partial charge in [-0.25, -0.2) is 4.39 Å². The summed E-state index contributed by atoms with van der Waals surface area (Å²) in [5.41, 5.74) is 1.10. The number of benzene rings is 3. The van der Waals surface area contributed by atoms with E-state index in [0.29, 0.717) is 22.6 Å². The molecule has 1 amide bonds. The molecular weight excluding hydrogens is 439 g/mol. The Kier molecular flexibility index (Phi) is 6.02. The lowest BCUT2D eigenvalue weighted by atomic mass is 9.94. The van der Waals surface area contributed by atoms with E-state index >= 15 is 0 Å². The lowest BCUT2D eigenvalue weighted by Gasteiger charge is -2.25. The molecule has 8 heteroatoms. The first-order valence-electron chi connectivity index (χ1n) is 10.2. The van der Waals surface area contributed by atoms with Crippen LogP contribution < -0.4 is 14.4 Å². The molecule has 0 aliphatic carbocycles. The number of nitrogens with zero attached hydrogens (tertiary/aromatic N) is 2. The van der Waals surface area contributed by atoms with Gasteiger partial charge in [0, 0.05) is 5.69 Å². The zero-order valence-electron chi connectivity index (χ0n) is 18.3. The summed E-state index contributed by atoms with van der Waals surface area (Å²) in [7, 11) is 2.86. The fraction of sp³-hybridized carbons (Fsp3) is 0.115. The number of hydrogen-bond acceptors (Lipinski definition) is 6. The molecule has 0 spiro atoms. The Balaban J connectivity index is 1.97. The van der Waals surface area contributed by atoms with E-state index in [1.54, 1.807) is 12.1 Å². The van der Waals surface area contributed by atoms with E-state index in [4.69, 9.17) is 14.7 Å². The highest BCUT2D eigenvalue weighted by Gasteiger charge is 2.47. The predicted molar refractivity (Wildman–Crippen MR) is 122 cm³/mol. The first-order valence-corrected chi connectivity index (χ1v) is 10.2. The minimum atomic E-state index is -1.05. The summed E-state index contributed by atoms with van der Waals surface area (Å²) in [6.07, 6.45) is 0. The molecule has 170 valence electrons. The van der Waals surface area contributed by atoms with Crippen molar-refractivity contribution in [1.29, 1.82) is 5.26 Å². The molecule has 1 saturated heterocycles. The van der Waals surface area contributed by atoms with Crippen molar-refractivity contribution < 1.29 is 28.6 Å². The molecule has 1 N–H and O–H groups in total. The van der Waals surface area contributed by atoms with E-state index in [0.717, 1.165) is 0 Å². The maximum absolute atomic E-state index is 13.7. The molecule has 1 fully saturated rings. The summed E-state index contributed by atoms with van der Waals surface area (Å²) in [5.74, 6) is -2.07. The van der Waals surface area contributed by atoms with Gasteiger partial charge in [-0.05, 0) is 60.2 Å². The lowest BCUT2D eigenvalue weighted by molar-refractivity contribution is -0.132. The van der Waals surface area contributed by atoms with Gasteiger partial charge in [-0.2, -0.15) is 5.26 Å². The van der Waals surface area contributed by atoms with Crippen LogP contribution in [0.1, 0.15) is 22.7 Å². The summed E-state index contributed by atoms with van der Waals surface area (Å²) in [6, 6.07) is 17.0. The van der Waals surface area contributed by atoms with Crippen molar-refractivity contribution in [1.82, 2.24) is 0 Å². The topological polar surface area (TPSA) is 99.9 Å². The van der Waals surface area contributed by atoms with Crippen LogP contribution in [-0.4, -0.2) is 31.0 Å². The Hall–Kier alpha value is -4.64. The van der Waals surface area contributed by atoms with Crippen LogP contribution in [0.15, 0.2) is 72.3 Å². The smallest absolute Gasteiger partial charge is 0.300 e. The summed E-state index contributed by atoms with van der Waals surface area (Å²) in [6.45, 7) is 0. The van der Waals surface area contributed by atoms with Crippen molar-refractivity contribution in [2.24, 2.45) is 0 Å². The SMILES string of the molecule is COc1ccc(OC)c(/C(O)=C2\C(=O)C(=O)N(c3ccc(C#N)cc3)C2c2ccc(F)cc2)c1. The summed E-state index contributed by atoms with van der Waals surface area (Å²) < 4.78 is 24.2. The number of carbonyl (C=O) groups is 2. The molecule has 1 aliphatic heterocycles. The number of nitriles is 1. The fourth-order valence-corrected chi connectivity index (χ4v) is 3.90. The van der Waals surface area contributed by atoms with Crippen LogP contribution in [0.5, 0.6) is 11.5 Å². The lowest BCUT2D eigenvalue weighted by Crippen LogP contribution is -2.29. The maximum Gasteiger partial charge on any atom is 0.300 e. The number of aliphatic hydroxyl groups is 1. The number of anilines is 1. The van der Waals surface area contributed by atoms with E-state index in [2.05, 4.69) is 0 Å². The average molecular weight is 458 g/mol. The second-order valence-corrected chi connectivity index (χ2v) is 7.45. The van der Waals surface area contributed by atoms with Crippen LogP contribution >= 0.6 is 0 Å². The summed E-state index contributed by atoms with van der Waals surface area (Å²) in [4.78, 5) is 27.6. The van der Waals surface area contributed by atoms with Gasteiger partial charge in [0.1, 0.15) is 23.1 Å². The number of methoxy groups -OCH3 is 2. The van der Waals surface area contributed by atoms with Gasteiger partial charge in [-0.15, -0.1) is 0 Å². The number of ketones is 1. The van der Waals surface area contributed by atoms with Gasteiger partial charge >= 0.3 is 0 Å². The Morgan fingerprint density at radius 2 is 1.68 bits per heavy atom. The van der Waals surface area contributed by atoms with Crippen LogP contribution in [0.3, 0.4) is 0 Å². The Morgan fingerprint density at radius 1 is 1.00 bits per heavy atom. The molecule has 0 bridgehead atoms. The molecular formula is C26H19FN2O5. The third kappa shape index (κ3) is 3.84. The molecule has 0 saturated carbocycles. The van der Waals surface area contributed by atoms with Crippen molar-refractivity contribution in [3.63, 3.8) is 0 Å². The highest BCUT2D eigenvalue weighted by atomic mass is 19.1. The first-order chi connectivity index (χ1) is 16.4. The van der Waals surface area contributed by atoms with Gasteiger partial charge in [-0.1, -0.05) is 12.1 Å². The van der Waals surface area contributed by atoms with Crippen molar-refractivity contribution in [3.8, 4) is 17.6 Å². The van der Waals surface area contributed by atoms with Gasteiger partial charge in [0.2, 0.25) is 0 Å². The average Bonchev–Trinajstić information content (AvgIpc) is 3.13. The van der Waals surface area contributed by atoms with Gasteiger partial charge in [-0.3, -0.25) is 14.5 Å². The number of amides is 1. The number of halogens is 1. The van der Waals surface area contributed by atoms with Crippen LogP contribution in [0.25, 0.3) is 5.76 Å². The molecule has 1 unspecified atom stereocenters. The third-order valence-electron chi connectivity index (χ3n) is 5.57. The largest absolute Gasteiger partial charge is 0.507 e. The van der Waals surface area contributed by atoms with Gasteiger partial charge in [0.05, 0.1) is 43.0 Å². The van der Waals surface area contributed by atoms with Gasteiger partial charge < -0.3 is 14.6 Å². The molecule has 0 aromatic heterocycles. The number of hydrogen-bond donors (Lipinski definition) is 1. The molecule has 34 heavy (non-hydrogen) atoms. The predicted octanol–water partition coefficient (Wildman–Crippen LogP) is 4.34. The third-order valence-corrected chi connectivity index (χ3v) is 5.57. The van der Waals surface area contributed by atoms with Crippen LogP contribution in [0.4, 0.5) is 10.1 Å². The number of rotatable bonds is 5. The van der Waals surface area contributed by atoms with Crippen LogP contribution in [0, 0.1) is 17.1 Å². The zero-order valence-corrected chi connectivity index (χ0v) is 18.3. The highest BCUT2D eigenvalue weighted by Crippen LogP contribution is 2.43. The number of carbonyl (C=O) groups excluding carboxylic acids is 2. The molecule has 0 radical (unpaired) electrons. The Morgan fingerprint density at radius 3 is 2.26 bits per heavy atom. The van der Waals surface area contributed by atoms with Gasteiger partial charge in [0.25, 0.3) is 11.7 Å². The minimum absolute atomic E-state index is 0.159. The van der Waals surface area contributed by atoms with Crippen molar-refractivity contribution >= 4 is 23.1 Å². The molecule has 7 nitrogen and oxygen atoms in total. The number of ether oxygens (including phenoxy) is 2. The summed E-state index contributed by atoms with van der Waals surface area (Å²) in [5, 5.41) is 20.4. The van der Waals surface area contributed by atoms with Crippen LogP contribution in [0.2, 0.25) is 0 Å². The second kappa shape index (κ2) is 9.08. The monoisotopic (exact) mass is 458 g/mol. The number of Topliss-reactive ketones (excluding diaryl/α,β-unsaturated/α-hetero) is 1. The van der Waals surface area contributed by atoms with E-state index in [1.807, 2.05) is 6.07 Å². The molecule has 1 atom stereocenters. The molecule has 4 rings (SSSR count). The normalized spacial score (nSPS) is 16.9. The molecule has 3 aromatic carbocycles. The summed E-state index contributed by atoms with van der Waals surface area (Å²) >= 11 is 0. The van der Waals surface area contributed by atoms with Crippen molar-refractivity contribution in [2.75, 3.05) is 19.1 Å². The Labute approximate surface area is 194 Å². The standard InChI is InChI=1S/C26H19FN2O5/c1-33-19-11-12-21(34-2)20(13-19)24(30)22-23(16-5-7-17(27)8-6-16)29(26(32)25(22)31)18-9-3-15(14-28)4-10-18/h3-13,23,30H,1-2H3/b24-22+. The van der Waals surface area contributed by atoms with E-state index < -0.39 is 29.3 Å². The first kappa shape index (κ1) is 22.6. The van der Waals surface area contributed by atoms with Crippen molar-refractivity contribution in [3.05, 3.63) is 94.8 Å². The fourth-order valence-electron chi connectivity index (χ4n) is 3.90. The maximum atomic E-state index is 13.7. The van der Waals surface area contributed by atoms with E-state index in [9.17, 15) is 19.1 Å². The van der Waals surface area contributed by atoms with E-state index in [-0.39, 0.29) is 16.9 Å². The molecule has 1 aliphatic rings. The molecule has 3 aromatic rings. The van der Waals surface area contributed by atoms with Gasteiger partial charge in [0.15, 0.2) is 0 Å². The molecule has 1 heterocycles. The minimum Gasteiger partial charge on any atom is -0.507 e. The van der Waals surface area contributed by atoms with E-state index in [1.165, 1.54) is 73.7 Å². The zero-order chi connectivity index (χ0) is 24.4. The highest BCUT2D eigenvalue weighted by molar-refractivity contribution is 6.51. The number of aliphatic hydroxyl groups excluding tert-OH is 1. The second-order valence-electron chi connectivity index (χ2n) is 7.45.